The minimum absolute atomic E-state index is 0.0760. The van der Waals surface area contributed by atoms with E-state index in [1.165, 1.54) is 0 Å². The zero-order chi connectivity index (χ0) is 11.8. The first-order valence-electron chi connectivity index (χ1n) is 5.12. The Kier molecular flexibility index (Phi) is 6.70. The lowest BCUT2D eigenvalue weighted by atomic mass is 10.3. The number of nitrogens with one attached hydrogen (secondary N) is 2. The molecule has 0 aliphatic rings. The summed E-state index contributed by atoms with van der Waals surface area (Å²) in [5.41, 5.74) is 0. The van der Waals surface area contributed by atoms with E-state index < -0.39 is 0 Å². The van der Waals surface area contributed by atoms with E-state index in [4.69, 9.17) is 0 Å². The molecule has 0 saturated heterocycles. The molecule has 2 N–H and O–H groups in total. The predicted octanol–water partition coefficient (Wildman–Crippen LogP) is -0.421. The topological polar surface area (TPSA) is 61.4 Å². The largest absolute Gasteiger partial charge is 0.354 e. The minimum atomic E-state index is -0.229. The number of rotatable bonds is 6. The van der Waals surface area contributed by atoms with Gasteiger partial charge in [-0.05, 0) is 27.9 Å². The van der Waals surface area contributed by atoms with Crippen molar-refractivity contribution in [3.8, 4) is 0 Å². The molecule has 2 amide bonds. The van der Waals surface area contributed by atoms with Crippen molar-refractivity contribution in [3.63, 3.8) is 0 Å². The molecule has 0 unspecified atom stereocenters. The molecule has 5 heteroatoms. The van der Waals surface area contributed by atoms with Crippen LogP contribution in [0.1, 0.15) is 20.3 Å². The summed E-state index contributed by atoms with van der Waals surface area (Å²) >= 11 is 0. The quantitative estimate of drug-likeness (QED) is 0.592. The van der Waals surface area contributed by atoms with Crippen LogP contribution in [0.4, 0.5) is 0 Å². The van der Waals surface area contributed by atoms with E-state index in [0.717, 1.165) is 6.54 Å². The van der Waals surface area contributed by atoms with Crippen LogP contribution in [0.5, 0.6) is 0 Å². The fraction of sp³-hybridized carbons (Fsp3) is 0.800. The van der Waals surface area contributed by atoms with E-state index >= 15 is 0 Å². The molecule has 0 heterocycles. The number of carbonyl (C=O) groups is 2. The summed E-state index contributed by atoms with van der Waals surface area (Å²) in [6.45, 7) is 5.07. The van der Waals surface area contributed by atoms with Gasteiger partial charge in [0, 0.05) is 19.1 Å². The second-order valence-corrected chi connectivity index (χ2v) is 4.05. The van der Waals surface area contributed by atoms with Gasteiger partial charge in [-0.25, -0.2) is 0 Å². The van der Waals surface area contributed by atoms with Crippen LogP contribution in [0.2, 0.25) is 0 Å². The van der Waals surface area contributed by atoms with E-state index in [-0.39, 0.29) is 24.3 Å². The molecule has 5 nitrogen and oxygen atoms in total. The van der Waals surface area contributed by atoms with Crippen LogP contribution in [0.15, 0.2) is 0 Å². The number of amides is 2. The summed E-state index contributed by atoms with van der Waals surface area (Å²) < 4.78 is 0. The number of hydrogen-bond acceptors (Lipinski definition) is 3. The molecule has 0 aromatic rings. The molecule has 0 aliphatic heterocycles. The van der Waals surface area contributed by atoms with Crippen molar-refractivity contribution in [3.05, 3.63) is 0 Å². The fourth-order valence-electron chi connectivity index (χ4n) is 1.00. The van der Waals surface area contributed by atoms with Crippen molar-refractivity contribution in [2.45, 2.75) is 26.3 Å². The first-order chi connectivity index (χ1) is 6.91. The Morgan fingerprint density at radius 1 is 1.20 bits per heavy atom. The highest BCUT2D eigenvalue weighted by Gasteiger charge is 2.09. The molecule has 0 bridgehead atoms. The van der Waals surface area contributed by atoms with E-state index in [9.17, 15) is 9.59 Å². The predicted molar refractivity (Wildman–Crippen MR) is 59.5 cm³/mol. The Morgan fingerprint density at radius 2 is 1.80 bits per heavy atom. The highest BCUT2D eigenvalue weighted by molar-refractivity contribution is 5.96. The second-order valence-electron chi connectivity index (χ2n) is 4.05. The Hall–Kier alpha value is -1.10. The molecule has 0 fully saturated rings. The van der Waals surface area contributed by atoms with Gasteiger partial charge in [-0.15, -0.1) is 0 Å². The van der Waals surface area contributed by atoms with Gasteiger partial charge in [0.25, 0.3) is 0 Å². The minimum Gasteiger partial charge on any atom is -0.354 e. The van der Waals surface area contributed by atoms with Crippen molar-refractivity contribution in [2.24, 2.45) is 0 Å². The van der Waals surface area contributed by atoms with Crippen LogP contribution in [-0.2, 0) is 9.59 Å². The number of carbonyl (C=O) groups excluding carboxylic acids is 2. The maximum Gasteiger partial charge on any atom is 0.229 e. The zero-order valence-electron chi connectivity index (χ0n) is 9.96. The third-order valence-corrected chi connectivity index (χ3v) is 1.65. The van der Waals surface area contributed by atoms with E-state index in [2.05, 4.69) is 10.6 Å². The molecule has 88 valence electrons. The maximum absolute atomic E-state index is 11.2. The molecular weight excluding hydrogens is 194 g/mol. The molecule has 0 atom stereocenters. The summed E-state index contributed by atoms with van der Waals surface area (Å²) in [4.78, 5) is 24.4. The van der Waals surface area contributed by atoms with Gasteiger partial charge in [-0.3, -0.25) is 9.59 Å². The average molecular weight is 215 g/mol. The lowest BCUT2D eigenvalue weighted by molar-refractivity contribution is -0.129. The van der Waals surface area contributed by atoms with Gasteiger partial charge in [0.1, 0.15) is 6.42 Å². The smallest absolute Gasteiger partial charge is 0.229 e. The molecule has 0 rings (SSSR count). The molecule has 0 spiro atoms. The maximum atomic E-state index is 11.2. The monoisotopic (exact) mass is 215 g/mol. The molecule has 0 aromatic heterocycles. The second kappa shape index (κ2) is 7.23. The van der Waals surface area contributed by atoms with Crippen molar-refractivity contribution in [2.75, 3.05) is 27.2 Å². The van der Waals surface area contributed by atoms with Gasteiger partial charge in [0.2, 0.25) is 11.8 Å². The Labute approximate surface area is 91.2 Å². The molecule has 0 radical (unpaired) electrons. The Morgan fingerprint density at radius 3 is 2.27 bits per heavy atom. The van der Waals surface area contributed by atoms with Crippen LogP contribution < -0.4 is 10.6 Å². The highest BCUT2D eigenvalue weighted by atomic mass is 16.2. The van der Waals surface area contributed by atoms with Crippen LogP contribution in [-0.4, -0.2) is 49.9 Å². The SMILES string of the molecule is CC(C)NC(=O)CC(=O)NCCN(C)C. The standard InChI is InChI=1S/C10H21N3O2/c1-8(2)12-10(15)7-9(14)11-5-6-13(3)4/h8H,5-7H2,1-4H3,(H,11,14)(H,12,15). The van der Waals surface area contributed by atoms with Gasteiger partial charge in [-0.2, -0.15) is 0 Å². The lowest BCUT2D eigenvalue weighted by Crippen LogP contribution is -2.37. The van der Waals surface area contributed by atoms with Crippen molar-refractivity contribution < 1.29 is 9.59 Å². The normalized spacial score (nSPS) is 10.5. The van der Waals surface area contributed by atoms with E-state index in [1.54, 1.807) is 0 Å². The summed E-state index contributed by atoms with van der Waals surface area (Å²) in [6, 6.07) is 0.0760. The van der Waals surface area contributed by atoms with Gasteiger partial charge >= 0.3 is 0 Å². The van der Waals surface area contributed by atoms with Gasteiger partial charge in [0.15, 0.2) is 0 Å². The molecule has 0 saturated carbocycles. The summed E-state index contributed by atoms with van der Waals surface area (Å²) in [7, 11) is 3.86. The van der Waals surface area contributed by atoms with Crippen LogP contribution in [0, 0.1) is 0 Å². The Balaban J connectivity index is 3.60. The number of likely N-dealkylation sites (N-methyl/N-ethyl adjacent to an activating group) is 1. The molecule has 0 aliphatic carbocycles. The first kappa shape index (κ1) is 13.9. The van der Waals surface area contributed by atoms with E-state index in [0.29, 0.717) is 6.54 Å². The van der Waals surface area contributed by atoms with Crippen molar-refractivity contribution >= 4 is 11.8 Å². The molecule has 15 heavy (non-hydrogen) atoms. The number of hydrogen-bond donors (Lipinski definition) is 2. The molecular formula is C10H21N3O2. The Bertz CT molecular complexity index is 215. The lowest BCUT2D eigenvalue weighted by Gasteiger charge is -2.11. The third kappa shape index (κ3) is 9.21. The van der Waals surface area contributed by atoms with Gasteiger partial charge < -0.3 is 15.5 Å². The van der Waals surface area contributed by atoms with Gasteiger partial charge in [-0.1, -0.05) is 0 Å². The third-order valence-electron chi connectivity index (χ3n) is 1.65. The first-order valence-corrected chi connectivity index (χ1v) is 5.12. The summed E-state index contributed by atoms with van der Waals surface area (Å²) in [5, 5.41) is 5.34. The van der Waals surface area contributed by atoms with Crippen LogP contribution >= 0.6 is 0 Å². The van der Waals surface area contributed by atoms with Crippen molar-refractivity contribution in [1.29, 1.82) is 0 Å². The molecule has 0 aromatic carbocycles. The summed E-state index contributed by atoms with van der Waals surface area (Å²) in [5.74, 6) is -0.456. The van der Waals surface area contributed by atoms with Gasteiger partial charge in [0.05, 0.1) is 0 Å². The zero-order valence-corrected chi connectivity index (χ0v) is 9.96. The highest BCUT2D eigenvalue weighted by Crippen LogP contribution is 1.84. The van der Waals surface area contributed by atoms with Crippen LogP contribution in [0.3, 0.4) is 0 Å². The van der Waals surface area contributed by atoms with E-state index in [1.807, 2.05) is 32.8 Å². The fourth-order valence-corrected chi connectivity index (χ4v) is 1.00. The van der Waals surface area contributed by atoms with Crippen molar-refractivity contribution in [1.82, 2.24) is 15.5 Å². The average Bonchev–Trinajstić information content (AvgIpc) is 2.00. The summed E-state index contributed by atoms with van der Waals surface area (Å²) in [6.07, 6.45) is -0.0917. The van der Waals surface area contributed by atoms with Crippen LogP contribution in [0.25, 0.3) is 0 Å². The number of nitrogens with zero attached hydrogens (tertiary/aromatic N) is 1.